The molecule has 0 radical (unpaired) electrons. The Hall–Kier alpha value is -2.00. The molecule has 0 fully saturated rings. The van der Waals surface area contributed by atoms with E-state index in [0.717, 1.165) is 28.7 Å². The van der Waals surface area contributed by atoms with E-state index in [1.807, 2.05) is 40.6 Å². The lowest BCUT2D eigenvalue weighted by molar-refractivity contribution is 0.111. The monoisotopic (exact) mass is 295 g/mol. The van der Waals surface area contributed by atoms with Crippen LogP contribution in [-0.4, -0.2) is 16.4 Å². The van der Waals surface area contributed by atoms with Crippen molar-refractivity contribution in [3.8, 4) is 11.1 Å². The van der Waals surface area contributed by atoms with Crippen LogP contribution in [0.2, 0.25) is 0 Å². The SMILES string of the molecule is CCSc1ccc(C)cc1-c1cc2ccccn2c1C=O. The van der Waals surface area contributed by atoms with Crippen LogP contribution in [-0.2, 0) is 0 Å². The molecule has 0 aliphatic heterocycles. The number of carbonyl (C=O) groups is 1. The number of carbonyl (C=O) groups excluding carboxylic acids is 1. The molecule has 0 saturated heterocycles. The van der Waals surface area contributed by atoms with E-state index in [4.69, 9.17) is 0 Å². The molecule has 0 saturated carbocycles. The second-order valence-electron chi connectivity index (χ2n) is 4.99. The molecule has 0 aliphatic rings. The third-order valence-electron chi connectivity index (χ3n) is 3.56. The predicted octanol–water partition coefficient (Wildman–Crippen LogP) is 4.84. The van der Waals surface area contributed by atoms with Gasteiger partial charge in [-0.3, -0.25) is 4.79 Å². The summed E-state index contributed by atoms with van der Waals surface area (Å²) >= 11 is 1.81. The summed E-state index contributed by atoms with van der Waals surface area (Å²) in [4.78, 5) is 12.8. The Labute approximate surface area is 128 Å². The molecule has 106 valence electrons. The maximum absolute atomic E-state index is 11.6. The minimum atomic E-state index is 0.717. The molecule has 0 aliphatic carbocycles. The van der Waals surface area contributed by atoms with Crippen LogP contribution < -0.4 is 0 Å². The maximum Gasteiger partial charge on any atom is 0.167 e. The molecule has 2 aromatic heterocycles. The summed E-state index contributed by atoms with van der Waals surface area (Å²) in [5, 5.41) is 0. The fraction of sp³-hybridized carbons (Fsp3) is 0.167. The lowest BCUT2D eigenvalue weighted by Gasteiger charge is -2.09. The topological polar surface area (TPSA) is 21.5 Å². The van der Waals surface area contributed by atoms with Gasteiger partial charge in [0, 0.05) is 22.2 Å². The Morgan fingerprint density at radius 3 is 2.76 bits per heavy atom. The number of aromatic nitrogens is 1. The molecule has 0 unspecified atom stereocenters. The first-order valence-electron chi connectivity index (χ1n) is 7.03. The number of thioether (sulfide) groups is 1. The number of aldehydes is 1. The molecule has 3 aromatic rings. The molecule has 3 heteroatoms. The van der Waals surface area contributed by atoms with Crippen LogP contribution in [0.25, 0.3) is 16.6 Å². The van der Waals surface area contributed by atoms with Crippen LogP contribution in [0.5, 0.6) is 0 Å². The van der Waals surface area contributed by atoms with Crippen molar-refractivity contribution in [2.24, 2.45) is 0 Å². The Morgan fingerprint density at radius 1 is 1.14 bits per heavy atom. The van der Waals surface area contributed by atoms with Crippen molar-refractivity contribution < 1.29 is 4.79 Å². The molecule has 0 spiro atoms. The minimum absolute atomic E-state index is 0.717. The van der Waals surface area contributed by atoms with Gasteiger partial charge in [0.15, 0.2) is 6.29 Å². The van der Waals surface area contributed by atoms with Crippen LogP contribution in [0.3, 0.4) is 0 Å². The van der Waals surface area contributed by atoms with Crippen LogP contribution in [0.1, 0.15) is 23.0 Å². The van der Waals surface area contributed by atoms with Crippen LogP contribution in [0, 0.1) is 6.92 Å². The summed E-state index contributed by atoms with van der Waals surface area (Å²) in [5.74, 6) is 1.01. The normalized spacial score (nSPS) is 11.0. The molecule has 0 atom stereocenters. The van der Waals surface area contributed by atoms with Crippen molar-refractivity contribution in [2.75, 3.05) is 5.75 Å². The summed E-state index contributed by atoms with van der Waals surface area (Å²) in [6, 6.07) is 14.5. The molecule has 1 aromatic carbocycles. The maximum atomic E-state index is 11.6. The molecule has 0 amide bonds. The van der Waals surface area contributed by atoms with E-state index < -0.39 is 0 Å². The third-order valence-corrected chi connectivity index (χ3v) is 4.51. The van der Waals surface area contributed by atoms with E-state index in [1.165, 1.54) is 10.5 Å². The first-order chi connectivity index (χ1) is 10.2. The summed E-state index contributed by atoms with van der Waals surface area (Å²) in [7, 11) is 0. The average Bonchev–Trinajstić information content (AvgIpc) is 2.87. The second kappa shape index (κ2) is 5.78. The van der Waals surface area contributed by atoms with Crippen molar-refractivity contribution in [3.63, 3.8) is 0 Å². The summed E-state index contributed by atoms with van der Waals surface area (Å²) in [5.41, 5.74) is 5.12. The van der Waals surface area contributed by atoms with Gasteiger partial charge < -0.3 is 4.40 Å². The summed E-state index contributed by atoms with van der Waals surface area (Å²) in [6.45, 7) is 4.23. The van der Waals surface area contributed by atoms with Gasteiger partial charge in [-0.05, 0) is 42.5 Å². The van der Waals surface area contributed by atoms with E-state index in [2.05, 4.69) is 38.1 Å². The summed E-state index contributed by atoms with van der Waals surface area (Å²) in [6.07, 6.45) is 2.88. The molecule has 2 heterocycles. The van der Waals surface area contributed by atoms with Crippen LogP contribution >= 0.6 is 11.8 Å². The Morgan fingerprint density at radius 2 is 2.00 bits per heavy atom. The van der Waals surface area contributed by atoms with Gasteiger partial charge in [0.1, 0.15) is 0 Å². The first-order valence-corrected chi connectivity index (χ1v) is 8.02. The Balaban J connectivity index is 2.29. The largest absolute Gasteiger partial charge is 0.314 e. The number of nitrogens with zero attached hydrogens (tertiary/aromatic N) is 1. The van der Waals surface area contributed by atoms with E-state index in [0.29, 0.717) is 5.69 Å². The van der Waals surface area contributed by atoms with Gasteiger partial charge in [0.05, 0.1) is 5.69 Å². The quantitative estimate of drug-likeness (QED) is 0.507. The third kappa shape index (κ3) is 2.49. The smallest absolute Gasteiger partial charge is 0.167 e. The minimum Gasteiger partial charge on any atom is -0.314 e. The molecule has 0 N–H and O–H groups in total. The zero-order valence-corrected chi connectivity index (χ0v) is 13.0. The molecular formula is C18H17NOS. The lowest BCUT2D eigenvalue weighted by atomic mass is 10.0. The Bertz CT molecular complexity index is 804. The number of hydrogen-bond donors (Lipinski definition) is 0. The number of fused-ring (bicyclic) bond motifs is 1. The number of rotatable bonds is 4. The summed E-state index contributed by atoms with van der Waals surface area (Å²) < 4.78 is 1.95. The first kappa shape index (κ1) is 14.0. The van der Waals surface area contributed by atoms with Gasteiger partial charge >= 0.3 is 0 Å². The predicted molar refractivity (Wildman–Crippen MR) is 89.4 cm³/mol. The fourth-order valence-corrected chi connectivity index (χ4v) is 3.42. The van der Waals surface area contributed by atoms with Crippen molar-refractivity contribution in [3.05, 3.63) is 59.9 Å². The molecular weight excluding hydrogens is 278 g/mol. The number of hydrogen-bond acceptors (Lipinski definition) is 2. The molecule has 3 rings (SSSR count). The highest BCUT2D eigenvalue weighted by Gasteiger charge is 2.14. The van der Waals surface area contributed by atoms with Gasteiger partial charge in [-0.15, -0.1) is 11.8 Å². The average molecular weight is 295 g/mol. The van der Waals surface area contributed by atoms with E-state index in [1.54, 1.807) is 0 Å². The zero-order chi connectivity index (χ0) is 14.8. The number of pyridine rings is 1. The van der Waals surface area contributed by atoms with Gasteiger partial charge in [-0.2, -0.15) is 0 Å². The highest BCUT2D eigenvalue weighted by Crippen LogP contribution is 2.35. The van der Waals surface area contributed by atoms with Gasteiger partial charge in [0.2, 0.25) is 0 Å². The number of benzene rings is 1. The lowest BCUT2D eigenvalue weighted by Crippen LogP contribution is -1.93. The van der Waals surface area contributed by atoms with Crippen LogP contribution in [0.15, 0.2) is 53.6 Å². The zero-order valence-electron chi connectivity index (χ0n) is 12.2. The van der Waals surface area contributed by atoms with Gasteiger partial charge in [-0.25, -0.2) is 0 Å². The van der Waals surface area contributed by atoms with Gasteiger partial charge in [0.25, 0.3) is 0 Å². The van der Waals surface area contributed by atoms with E-state index in [-0.39, 0.29) is 0 Å². The fourth-order valence-electron chi connectivity index (χ4n) is 2.62. The highest BCUT2D eigenvalue weighted by molar-refractivity contribution is 7.99. The highest BCUT2D eigenvalue weighted by atomic mass is 32.2. The molecule has 2 nitrogen and oxygen atoms in total. The molecule has 21 heavy (non-hydrogen) atoms. The Kier molecular flexibility index (Phi) is 3.84. The standard InChI is InChI=1S/C18H17NOS/c1-3-21-18-8-7-13(2)10-16(18)15-11-14-6-4-5-9-19(14)17(15)12-20/h4-12H,3H2,1-2H3. The second-order valence-corrected chi connectivity index (χ2v) is 6.30. The molecule has 0 bridgehead atoms. The van der Waals surface area contributed by atoms with Crippen molar-refractivity contribution in [1.29, 1.82) is 0 Å². The van der Waals surface area contributed by atoms with Crippen molar-refractivity contribution >= 4 is 23.6 Å². The van der Waals surface area contributed by atoms with Crippen molar-refractivity contribution in [1.82, 2.24) is 4.40 Å². The van der Waals surface area contributed by atoms with E-state index >= 15 is 0 Å². The van der Waals surface area contributed by atoms with Gasteiger partial charge in [-0.1, -0.05) is 30.7 Å². The number of aryl methyl sites for hydroxylation is 1. The van der Waals surface area contributed by atoms with E-state index in [9.17, 15) is 4.79 Å². The van der Waals surface area contributed by atoms with Crippen LogP contribution in [0.4, 0.5) is 0 Å². The van der Waals surface area contributed by atoms with Crippen molar-refractivity contribution in [2.45, 2.75) is 18.7 Å².